The van der Waals surface area contributed by atoms with Crippen molar-refractivity contribution in [1.29, 1.82) is 0 Å². The van der Waals surface area contributed by atoms with Crippen molar-refractivity contribution in [3.05, 3.63) is 23.8 Å². The third-order valence-corrected chi connectivity index (χ3v) is 4.20. The number of piperidine rings is 1. The first-order valence-corrected chi connectivity index (χ1v) is 7.39. The number of carbonyl (C=O) groups is 1. The van der Waals surface area contributed by atoms with Crippen molar-refractivity contribution < 1.29 is 15.0 Å². The van der Waals surface area contributed by atoms with Crippen molar-refractivity contribution in [2.24, 2.45) is 5.41 Å². The number of carboxylic acids is 1. The van der Waals surface area contributed by atoms with Crippen LogP contribution in [-0.4, -0.2) is 50.2 Å². The highest BCUT2D eigenvalue weighted by Crippen LogP contribution is 2.35. The van der Waals surface area contributed by atoms with Crippen LogP contribution in [0.15, 0.2) is 12.4 Å². The maximum Gasteiger partial charge on any atom is 0.313 e. The summed E-state index contributed by atoms with van der Waals surface area (Å²) in [6.45, 7) is 5.42. The molecule has 0 unspecified atom stereocenters. The fourth-order valence-corrected chi connectivity index (χ4v) is 3.04. The number of rotatable bonds is 5. The Morgan fingerprint density at radius 2 is 2.24 bits per heavy atom. The maximum absolute atomic E-state index is 11.7. The molecule has 1 fully saturated rings. The zero-order valence-electron chi connectivity index (χ0n) is 12.6. The maximum atomic E-state index is 11.7. The van der Waals surface area contributed by atoms with Crippen LogP contribution >= 0.6 is 0 Å². The number of carboxylic acid groups (broad SMARTS) is 1. The highest BCUT2D eigenvalue weighted by atomic mass is 16.4. The van der Waals surface area contributed by atoms with Gasteiger partial charge in [-0.1, -0.05) is 13.3 Å². The normalized spacial score (nSPS) is 26.7. The second-order valence-corrected chi connectivity index (χ2v) is 5.88. The SMILES string of the molecule is CCC[C@@]1(C(=O)O)CN(Cc2cnc(C)cn2)CC[C@@H]1O. The van der Waals surface area contributed by atoms with Crippen molar-refractivity contribution in [1.82, 2.24) is 14.9 Å². The summed E-state index contributed by atoms with van der Waals surface area (Å²) in [7, 11) is 0. The molecule has 1 aliphatic rings. The Morgan fingerprint density at radius 3 is 2.81 bits per heavy atom. The van der Waals surface area contributed by atoms with E-state index in [4.69, 9.17) is 0 Å². The molecular weight excluding hydrogens is 270 g/mol. The second kappa shape index (κ2) is 6.49. The van der Waals surface area contributed by atoms with E-state index in [2.05, 4.69) is 14.9 Å². The van der Waals surface area contributed by atoms with E-state index >= 15 is 0 Å². The number of aliphatic hydroxyl groups is 1. The number of likely N-dealkylation sites (tertiary alicyclic amines) is 1. The molecule has 2 N–H and O–H groups in total. The third-order valence-electron chi connectivity index (χ3n) is 4.20. The Hall–Kier alpha value is -1.53. The third kappa shape index (κ3) is 3.39. The van der Waals surface area contributed by atoms with Gasteiger partial charge in [-0.2, -0.15) is 0 Å². The van der Waals surface area contributed by atoms with Gasteiger partial charge in [-0.25, -0.2) is 0 Å². The van der Waals surface area contributed by atoms with Crippen LogP contribution in [0.5, 0.6) is 0 Å². The zero-order chi connectivity index (χ0) is 15.5. The Balaban J connectivity index is 2.12. The smallest absolute Gasteiger partial charge is 0.313 e. The molecule has 6 nitrogen and oxygen atoms in total. The lowest BCUT2D eigenvalue weighted by Crippen LogP contribution is -2.55. The molecule has 0 aromatic carbocycles. The molecule has 1 saturated heterocycles. The summed E-state index contributed by atoms with van der Waals surface area (Å²) in [4.78, 5) is 22.3. The van der Waals surface area contributed by atoms with E-state index in [0.29, 0.717) is 32.5 Å². The fraction of sp³-hybridized carbons (Fsp3) is 0.667. The number of nitrogens with zero attached hydrogens (tertiary/aromatic N) is 3. The highest BCUT2D eigenvalue weighted by Gasteiger charge is 2.48. The summed E-state index contributed by atoms with van der Waals surface area (Å²) in [5.74, 6) is -0.906. The average molecular weight is 293 g/mol. The molecule has 2 atom stereocenters. The van der Waals surface area contributed by atoms with Crippen LogP contribution in [0.2, 0.25) is 0 Å². The fourth-order valence-electron chi connectivity index (χ4n) is 3.04. The van der Waals surface area contributed by atoms with E-state index in [-0.39, 0.29) is 0 Å². The molecule has 2 rings (SSSR count). The van der Waals surface area contributed by atoms with Crippen LogP contribution in [0.1, 0.15) is 37.6 Å². The minimum atomic E-state index is -1.06. The van der Waals surface area contributed by atoms with Gasteiger partial charge in [0.1, 0.15) is 5.41 Å². The lowest BCUT2D eigenvalue weighted by molar-refractivity contribution is -0.164. The number of aryl methyl sites for hydroxylation is 1. The molecule has 0 saturated carbocycles. The Morgan fingerprint density at radius 1 is 1.48 bits per heavy atom. The largest absolute Gasteiger partial charge is 0.481 e. The topological polar surface area (TPSA) is 86.5 Å². The quantitative estimate of drug-likeness (QED) is 0.849. The average Bonchev–Trinajstić information content (AvgIpc) is 2.45. The zero-order valence-corrected chi connectivity index (χ0v) is 12.6. The van der Waals surface area contributed by atoms with Gasteiger partial charge in [-0.3, -0.25) is 19.7 Å². The van der Waals surface area contributed by atoms with E-state index < -0.39 is 17.5 Å². The molecule has 0 bridgehead atoms. The van der Waals surface area contributed by atoms with Crippen LogP contribution in [0, 0.1) is 12.3 Å². The molecule has 116 valence electrons. The second-order valence-electron chi connectivity index (χ2n) is 5.88. The molecule has 0 radical (unpaired) electrons. The van der Waals surface area contributed by atoms with Gasteiger partial charge in [0, 0.05) is 32.0 Å². The summed E-state index contributed by atoms with van der Waals surface area (Å²) in [6, 6.07) is 0. The van der Waals surface area contributed by atoms with Gasteiger partial charge in [0.25, 0.3) is 0 Å². The summed E-state index contributed by atoms with van der Waals surface area (Å²) in [6.07, 6.45) is 4.36. The molecule has 21 heavy (non-hydrogen) atoms. The molecule has 0 spiro atoms. The van der Waals surface area contributed by atoms with Gasteiger partial charge in [0.05, 0.1) is 17.5 Å². The molecule has 6 heteroatoms. The number of aromatic nitrogens is 2. The first-order valence-electron chi connectivity index (χ1n) is 7.39. The van der Waals surface area contributed by atoms with Gasteiger partial charge in [0.15, 0.2) is 0 Å². The van der Waals surface area contributed by atoms with E-state index in [0.717, 1.165) is 17.8 Å². The van der Waals surface area contributed by atoms with Crippen molar-refractivity contribution in [3.8, 4) is 0 Å². The minimum Gasteiger partial charge on any atom is -0.481 e. The van der Waals surface area contributed by atoms with Gasteiger partial charge in [0.2, 0.25) is 0 Å². The van der Waals surface area contributed by atoms with Crippen molar-refractivity contribution in [2.75, 3.05) is 13.1 Å². The van der Waals surface area contributed by atoms with Crippen LogP contribution in [0.3, 0.4) is 0 Å². The molecule has 1 aliphatic heterocycles. The Bertz CT molecular complexity index is 491. The van der Waals surface area contributed by atoms with Gasteiger partial charge in [-0.15, -0.1) is 0 Å². The number of hydrogen-bond donors (Lipinski definition) is 2. The predicted octanol–water partition coefficient (Wildman–Crippen LogP) is 1.22. The summed E-state index contributed by atoms with van der Waals surface area (Å²) in [5.41, 5.74) is 0.622. The van der Waals surface area contributed by atoms with Crippen LogP contribution < -0.4 is 0 Å². The molecule has 2 heterocycles. The number of aliphatic carboxylic acids is 1. The monoisotopic (exact) mass is 293 g/mol. The standard InChI is InChI=1S/C15H23N3O3/c1-3-5-15(14(20)21)10-18(6-4-13(15)19)9-12-8-16-11(2)7-17-12/h7-8,13,19H,3-6,9-10H2,1-2H3,(H,20,21)/t13-,15+/m0/s1. The summed E-state index contributed by atoms with van der Waals surface area (Å²) in [5, 5.41) is 19.8. The van der Waals surface area contributed by atoms with Gasteiger partial charge in [-0.05, 0) is 19.8 Å². The van der Waals surface area contributed by atoms with E-state index in [9.17, 15) is 15.0 Å². The molecule has 0 aliphatic carbocycles. The number of hydrogen-bond acceptors (Lipinski definition) is 5. The lowest BCUT2D eigenvalue weighted by atomic mass is 9.74. The van der Waals surface area contributed by atoms with Crippen molar-refractivity contribution in [2.45, 2.75) is 45.8 Å². The molecular formula is C15H23N3O3. The van der Waals surface area contributed by atoms with Gasteiger partial charge >= 0.3 is 5.97 Å². The molecule has 0 amide bonds. The Kier molecular flexibility index (Phi) is 4.90. The predicted molar refractivity (Wildman–Crippen MR) is 77.6 cm³/mol. The van der Waals surface area contributed by atoms with Crippen molar-refractivity contribution in [3.63, 3.8) is 0 Å². The van der Waals surface area contributed by atoms with Crippen LogP contribution in [0.25, 0.3) is 0 Å². The van der Waals surface area contributed by atoms with E-state index in [1.165, 1.54) is 0 Å². The lowest BCUT2D eigenvalue weighted by Gasteiger charge is -2.43. The van der Waals surface area contributed by atoms with Crippen LogP contribution in [0.4, 0.5) is 0 Å². The van der Waals surface area contributed by atoms with Crippen LogP contribution in [-0.2, 0) is 11.3 Å². The molecule has 1 aromatic rings. The first kappa shape index (κ1) is 15.9. The van der Waals surface area contributed by atoms with E-state index in [1.807, 2.05) is 13.8 Å². The number of aliphatic hydroxyl groups excluding tert-OH is 1. The van der Waals surface area contributed by atoms with E-state index in [1.54, 1.807) is 12.4 Å². The molecule has 1 aromatic heterocycles. The summed E-state index contributed by atoms with van der Waals surface area (Å²) >= 11 is 0. The summed E-state index contributed by atoms with van der Waals surface area (Å²) < 4.78 is 0. The Labute approximate surface area is 124 Å². The minimum absolute atomic E-state index is 0.354. The highest BCUT2D eigenvalue weighted by molar-refractivity contribution is 5.76. The first-order chi connectivity index (χ1) is 9.98. The van der Waals surface area contributed by atoms with Crippen molar-refractivity contribution >= 4 is 5.97 Å². The van der Waals surface area contributed by atoms with Gasteiger partial charge < -0.3 is 10.2 Å².